The van der Waals surface area contributed by atoms with Crippen molar-refractivity contribution in [3.8, 4) is 11.1 Å². The summed E-state index contributed by atoms with van der Waals surface area (Å²) in [5, 5.41) is 3.81. The van der Waals surface area contributed by atoms with Gasteiger partial charge in [0.05, 0.1) is 0 Å². The maximum Gasteiger partial charge on any atom is 0.225 e. The van der Waals surface area contributed by atoms with Crippen molar-refractivity contribution in [1.82, 2.24) is 15.3 Å². The van der Waals surface area contributed by atoms with Gasteiger partial charge in [0, 0.05) is 48.5 Å². The van der Waals surface area contributed by atoms with E-state index in [1.165, 1.54) is 11.1 Å². The molecule has 1 aliphatic rings. The number of aryl methyl sites for hydroxylation is 1. The van der Waals surface area contributed by atoms with Gasteiger partial charge in [-0.15, -0.1) is 0 Å². The second-order valence-corrected chi connectivity index (χ2v) is 8.51. The van der Waals surface area contributed by atoms with Crippen LogP contribution in [0.1, 0.15) is 24.0 Å². The van der Waals surface area contributed by atoms with Gasteiger partial charge in [-0.2, -0.15) is 0 Å². The number of nitrogens with one attached hydrogen (secondary N) is 1. The summed E-state index contributed by atoms with van der Waals surface area (Å²) in [6.07, 6.45) is 6.20. The fourth-order valence-corrected chi connectivity index (χ4v) is 4.05. The number of rotatable bonds is 6. The average molecular weight is 435 g/mol. The van der Waals surface area contributed by atoms with E-state index in [-0.39, 0.29) is 11.8 Å². The molecule has 0 unspecified atom stereocenters. The molecule has 6 heteroatoms. The highest BCUT2D eigenvalue weighted by molar-refractivity contribution is 6.30. The average Bonchev–Trinajstić information content (AvgIpc) is 2.80. The van der Waals surface area contributed by atoms with Crippen molar-refractivity contribution in [3.63, 3.8) is 0 Å². The zero-order chi connectivity index (χ0) is 21.6. The Kier molecular flexibility index (Phi) is 6.82. The van der Waals surface area contributed by atoms with Gasteiger partial charge in [0.2, 0.25) is 11.9 Å². The number of amides is 1. The van der Waals surface area contributed by atoms with Gasteiger partial charge in [0.25, 0.3) is 0 Å². The lowest BCUT2D eigenvalue weighted by Crippen LogP contribution is -2.41. The molecule has 0 bridgehead atoms. The number of hydrogen-bond donors (Lipinski definition) is 1. The molecule has 2 heterocycles. The van der Waals surface area contributed by atoms with Gasteiger partial charge in [-0.3, -0.25) is 4.79 Å². The molecular formula is C25H27ClN4O. The lowest BCUT2D eigenvalue weighted by atomic mass is 9.96. The predicted molar refractivity (Wildman–Crippen MR) is 125 cm³/mol. The molecular weight excluding hydrogens is 408 g/mol. The molecule has 160 valence electrons. The predicted octanol–water partition coefficient (Wildman–Crippen LogP) is 4.68. The van der Waals surface area contributed by atoms with Crippen LogP contribution in [0.4, 0.5) is 5.95 Å². The first-order valence-corrected chi connectivity index (χ1v) is 11.1. The Morgan fingerprint density at radius 2 is 1.77 bits per heavy atom. The summed E-state index contributed by atoms with van der Waals surface area (Å²) in [4.78, 5) is 23.8. The normalized spacial score (nSPS) is 14.5. The molecule has 0 atom stereocenters. The lowest BCUT2D eigenvalue weighted by molar-refractivity contribution is -0.125. The number of anilines is 1. The van der Waals surface area contributed by atoms with Gasteiger partial charge in [0.15, 0.2) is 0 Å². The first-order valence-electron chi connectivity index (χ1n) is 10.7. The molecule has 2 aromatic carbocycles. The van der Waals surface area contributed by atoms with E-state index in [0.29, 0.717) is 6.54 Å². The van der Waals surface area contributed by atoms with Gasteiger partial charge in [-0.1, -0.05) is 53.6 Å². The van der Waals surface area contributed by atoms with E-state index in [2.05, 4.69) is 45.3 Å². The van der Waals surface area contributed by atoms with Crippen molar-refractivity contribution in [2.45, 2.75) is 26.2 Å². The van der Waals surface area contributed by atoms with Crippen LogP contribution in [-0.2, 0) is 11.2 Å². The number of carbonyl (C=O) groups excluding carboxylic acids is 1. The van der Waals surface area contributed by atoms with Crippen LogP contribution in [0.5, 0.6) is 0 Å². The van der Waals surface area contributed by atoms with E-state index in [1.54, 1.807) is 0 Å². The van der Waals surface area contributed by atoms with E-state index >= 15 is 0 Å². The highest BCUT2D eigenvalue weighted by Gasteiger charge is 2.25. The van der Waals surface area contributed by atoms with Crippen LogP contribution >= 0.6 is 11.6 Å². The molecule has 0 radical (unpaired) electrons. The molecule has 1 aliphatic heterocycles. The molecule has 0 spiro atoms. The van der Waals surface area contributed by atoms with E-state index in [0.717, 1.165) is 54.4 Å². The monoisotopic (exact) mass is 434 g/mol. The number of hydrogen-bond acceptors (Lipinski definition) is 4. The number of carbonyl (C=O) groups is 1. The third-order valence-electron chi connectivity index (χ3n) is 5.76. The van der Waals surface area contributed by atoms with Crippen LogP contribution in [0.3, 0.4) is 0 Å². The maximum absolute atomic E-state index is 12.5. The summed E-state index contributed by atoms with van der Waals surface area (Å²) in [7, 11) is 0. The maximum atomic E-state index is 12.5. The van der Waals surface area contributed by atoms with Crippen molar-refractivity contribution >= 4 is 23.5 Å². The largest absolute Gasteiger partial charge is 0.356 e. The smallest absolute Gasteiger partial charge is 0.225 e. The number of piperidine rings is 1. The van der Waals surface area contributed by atoms with Crippen LogP contribution in [0, 0.1) is 12.8 Å². The fraction of sp³-hybridized carbons (Fsp3) is 0.320. The number of aromatic nitrogens is 2. The summed E-state index contributed by atoms with van der Waals surface area (Å²) < 4.78 is 0. The minimum atomic E-state index is 0.0491. The Morgan fingerprint density at radius 3 is 2.45 bits per heavy atom. The number of benzene rings is 2. The van der Waals surface area contributed by atoms with Crippen LogP contribution in [-0.4, -0.2) is 35.5 Å². The molecule has 31 heavy (non-hydrogen) atoms. The van der Waals surface area contributed by atoms with Crippen molar-refractivity contribution in [2.75, 3.05) is 24.5 Å². The summed E-state index contributed by atoms with van der Waals surface area (Å²) in [5.74, 6) is 0.926. The highest BCUT2D eigenvalue weighted by Crippen LogP contribution is 2.23. The topological polar surface area (TPSA) is 58.1 Å². The molecule has 1 aromatic heterocycles. The second-order valence-electron chi connectivity index (χ2n) is 8.07. The van der Waals surface area contributed by atoms with E-state index in [1.807, 2.05) is 42.7 Å². The Bertz CT molecular complexity index is 1010. The van der Waals surface area contributed by atoms with Crippen molar-refractivity contribution in [1.29, 1.82) is 0 Å². The van der Waals surface area contributed by atoms with Crippen molar-refractivity contribution < 1.29 is 4.79 Å². The molecule has 4 rings (SSSR count). The van der Waals surface area contributed by atoms with Crippen LogP contribution in [0.15, 0.2) is 60.9 Å². The third kappa shape index (κ3) is 5.61. The summed E-state index contributed by atoms with van der Waals surface area (Å²) >= 11 is 5.91. The zero-order valence-corrected chi connectivity index (χ0v) is 18.5. The van der Waals surface area contributed by atoms with Crippen molar-refractivity contribution in [2.24, 2.45) is 5.92 Å². The Balaban J connectivity index is 1.25. The SMILES string of the molecule is Cc1cccc(-c2cnc(N3CCC(C(=O)NCCc4ccc(Cl)cc4)CC3)nc2)c1. The Morgan fingerprint density at radius 1 is 1.06 bits per heavy atom. The zero-order valence-electron chi connectivity index (χ0n) is 17.7. The molecule has 5 nitrogen and oxygen atoms in total. The first kappa shape index (κ1) is 21.3. The fourth-order valence-electron chi connectivity index (χ4n) is 3.93. The number of halogens is 1. The summed E-state index contributed by atoms with van der Waals surface area (Å²) in [6.45, 7) is 4.30. The molecule has 0 aliphatic carbocycles. The van der Waals surface area contributed by atoms with Crippen LogP contribution in [0.25, 0.3) is 11.1 Å². The molecule has 1 N–H and O–H groups in total. The van der Waals surface area contributed by atoms with E-state index in [9.17, 15) is 4.79 Å². The minimum Gasteiger partial charge on any atom is -0.356 e. The van der Waals surface area contributed by atoms with E-state index in [4.69, 9.17) is 11.6 Å². The van der Waals surface area contributed by atoms with Crippen LogP contribution in [0.2, 0.25) is 5.02 Å². The van der Waals surface area contributed by atoms with Gasteiger partial charge >= 0.3 is 0 Å². The van der Waals surface area contributed by atoms with Gasteiger partial charge < -0.3 is 10.2 Å². The van der Waals surface area contributed by atoms with Crippen molar-refractivity contribution in [3.05, 3.63) is 77.1 Å². The standard InChI is InChI=1S/C25H27ClN4O/c1-18-3-2-4-21(15-18)22-16-28-25(29-17-22)30-13-10-20(11-14-30)24(31)27-12-9-19-5-7-23(26)8-6-19/h2-8,15-17,20H,9-14H2,1H3,(H,27,31). The van der Waals surface area contributed by atoms with Gasteiger partial charge in [-0.05, 0) is 49.4 Å². The van der Waals surface area contributed by atoms with Gasteiger partial charge in [0.1, 0.15) is 0 Å². The molecule has 1 saturated heterocycles. The quantitative estimate of drug-likeness (QED) is 0.612. The molecule has 1 amide bonds. The van der Waals surface area contributed by atoms with E-state index < -0.39 is 0 Å². The first-order chi connectivity index (χ1) is 15.1. The number of nitrogens with zero attached hydrogens (tertiary/aromatic N) is 3. The summed E-state index contributed by atoms with van der Waals surface area (Å²) in [5.41, 5.74) is 4.53. The third-order valence-corrected chi connectivity index (χ3v) is 6.02. The minimum absolute atomic E-state index is 0.0491. The second kappa shape index (κ2) is 9.92. The molecule has 0 saturated carbocycles. The Hall–Kier alpha value is -2.92. The van der Waals surface area contributed by atoms with Crippen LogP contribution < -0.4 is 10.2 Å². The molecule has 1 fully saturated rings. The molecule has 3 aromatic rings. The highest BCUT2D eigenvalue weighted by atomic mass is 35.5. The lowest BCUT2D eigenvalue weighted by Gasteiger charge is -2.31. The Labute approximate surface area is 188 Å². The summed E-state index contributed by atoms with van der Waals surface area (Å²) in [6, 6.07) is 16.1. The van der Waals surface area contributed by atoms with Gasteiger partial charge in [-0.25, -0.2) is 9.97 Å².